The first-order valence-electron chi connectivity index (χ1n) is 3.04. The molecule has 0 radical (unpaired) electrons. The van der Waals surface area contributed by atoms with Gasteiger partial charge < -0.3 is 10.6 Å². The molecule has 1 unspecified atom stereocenters. The highest BCUT2D eigenvalue weighted by Gasteiger charge is 2.18. The zero-order valence-electron chi connectivity index (χ0n) is 6.00. The molecule has 0 aromatic heterocycles. The molecule has 10 heavy (non-hydrogen) atoms. The minimum atomic E-state index is -0.280. The van der Waals surface area contributed by atoms with Gasteiger partial charge >= 0.3 is 0 Å². The van der Waals surface area contributed by atoms with Crippen molar-refractivity contribution in [2.75, 3.05) is 7.05 Å². The Hall–Kier alpha value is -1.06. The molecular weight excluding hydrogens is 133 g/mol. The van der Waals surface area contributed by atoms with Crippen LogP contribution < -0.4 is 5.73 Å². The molecule has 0 amide bonds. The van der Waals surface area contributed by atoms with E-state index in [-0.39, 0.29) is 11.9 Å². The third-order valence-electron chi connectivity index (χ3n) is 1.66. The van der Waals surface area contributed by atoms with E-state index in [1.165, 1.54) is 0 Å². The van der Waals surface area contributed by atoms with Crippen molar-refractivity contribution in [3.63, 3.8) is 0 Å². The van der Waals surface area contributed by atoms with Crippen molar-refractivity contribution in [3.8, 4) is 0 Å². The topological polar surface area (TPSA) is 41.6 Å². The van der Waals surface area contributed by atoms with E-state index in [2.05, 4.69) is 4.99 Å². The summed E-state index contributed by atoms with van der Waals surface area (Å²) in [5.74, 6) is 0.102. The molecule has 0 fully saturated rings. The lowest BCUT2D eigenvalue weighted by atomic mass is 10.2. The third kappa shape index (κ3) is 0.964. The van der Waals surface area contributed by atoms with Crippen molar-refractivity contribution in [2.45, 2.75) is 13.0 Å². The molecule has 4 heteroatoms. The highest BCUT2D eigenvalue weighted by Crippen LogP contribution is 2.13. The van der Waals surface area contributed by atoms with E-state index in [0.29, 0.717) is 5.96 Å². The molecule has 0 bridgehead atoms. The summed E-state index contributed by atoms with van der Waals surface area (Å²) in [6, 6.07) is -0.280. The molecule has 1 rings (SSSR count). The second kappa shape index (κ2) is 2.28. The van der Waals surface area contributed by atoms with Crippen molar-refractivity contribution in [3.05, 3.63) is 12.0 Å². The summed E-state index contributed by atoms with van der Waals surface area (Å²) in [6.07, 6.45) is 1.15. The molecule has 0 aromatic rings. The highest BCUT2D eigenvalue weighted by atomic mass is 19.1. The summed E-state index contributed by atoms with van der Waals surface area (Å²) in [5.41, 5.74) is 5.40. The number of nitrogens with two attached hydrogens (primary N) is 1. The van der Waals surface area contributed by atoms with Crippen molar-refractivity contribution in [2.24, 2.45) is 10.7 Å². The number of likely N-dealkylation sites (N-methyl/N-ethyl adjacent to an activating group) is 1. The maximum absolute atomic E-state index is 12.7. The number of rotatable bonds is 0. The summed E-state index contributed by atoms with van der Waals surface area (Å²) in [5, 5.41) is 0. The molecule has 0 saturated heterocycles. The van der Waals surface area contributed by atoms with Gasteiger partial charge in [-0.2, -0.15) is 0 Å². The molecule has 0 aromatic carbocycles. The summed E-state index contributed by atoms with van der Waals surface area (Å²) in [6.45, 7) is 1.73. The number of hydrogen-bond donors (Lipinski definition) is 1. The fourth-order valence-electron chi connectivity index (χ4n) is 0.710. The van der Waals surface area contributed by atoms with Crippen LogP contribution in [-0.2, 0) is 0 Å². The molecular formula is C6H10FN3. The van der Waals surface area contributed by atoms with Crippen LogP contribution in [0.15, 0.2) is 17.0 Å². The second-order valence-electron chi connectivity index (χ2n) is 2.29. The van der Waals surface area contributed by atoms with E-state index in [4.69, 9.17) is 5.73 Å². The zero-order chi connectivity index (χ0) is 7.72. The summed E-state index contributed by atoms with van der Waals surface area (Å²) in [4.78, 5) is 5.20. The van der Waals surface area contributed by atoms with Gasteiger partial charge in [0.15, 0.2) is 5.96 Å². The Morgan fingerprint density at radius 3 is 2.90 bits per heavy atom. The number of guanidine groups is 1. The first kappa shape index (κ1) is 7.05. The third-order valence-corrected chi connectivity index (χ3v) is 1.66. The van der Waals surface area contributed by atoms with Crippen LogP contribution in [0.1, 0.15) is 6.92 Å². The van der Waals surface area contributed by atoms with Gasteiger partial charge in [-0.25, -0.2) is 9.38 Å². The van der Waals surface area contributed by atoms with Gasteiger partial charge in [0, 0.05) is 7.05 Å². The predicted molar refractivity (Wildman–Crippen MR) is 38.0 cm³/mol. The van der Waals surface area contributed by atoms with Crippen molar-refractivity contribution in [1.29, 1.82) is 0 Å². The van der Waals surface area contributed by atoms with Crippen LogP contribution >= 0.6 is 0 Å². The van der Waals surface area contributed by atoms with Gasteiger partial charge in [0.1, 0.15) is 5.83 Å². The van der Waals surface area contributed by atoms with E-state index in [1.54, 1.807) is 18.9 Å². The van der Waals surface area contributed by atoms with Crippen LogP contribution in [0.2, 0.25) is 0 Å². The van der Waals surface area contributed by atoms with Crippen molar-refractivity contribution < 1.29 is 4.39 Å². The largest absolute Gasteiger partial charge is 0.369 e. The Morgan fingerprint density at radius 2 is 2.40 bits per heavy atom. The molecule has 1 aliphatic rings. The Balaban J connectivity index is 2.86. The number of hydrogen-bond acceptors (Lipinski definition) is 3. The molecule has 0 spiro atoms. The molecule has 1 atom stereocenters. The summed E-state index contributed by atoms with van der Waals surface area (Å²) in [7, 11) is 1.70. The SMILES string of the molecule is CC1C(F)=CN=C(N)N1C. The molecule has 3 nitrogen and oxygen atoms in total. The van der Waals surface area contributed by atoms with E-state index in [0.717, 1.165) is 6.20 Å². The Bertz CT molecular complexity index is 175. The van der Waals surface area contributed by atoms with Gasteiger partial charge in [-0.1, -0.05) is 0 Å². The predicted octanol–water partition coefficient (Wildman–Crippen LogP) is 0.446. The van der Waals surface area contributed by atoms with E-state index in [1.807, 2.05) is 0 Å². The first-order valence-corrected chi connectivity index (χ1v) is 3.04. The van der Waals surface area contributed by atoms with Crippen LogP contribution in [0.4, 0.5) is 4.39 Å². The number of halogens is 1. The smallest absolute Gasteiger partial charge is 0.196 e. The molecule has 1 heterocycles. The van der Waals surface area contributed by atoms with Gasteiger partial charge in [0.25, 0.3) is 0 Å². The van der Waals surface area contributed by atoms with Crippen molar-refractivity contribution in [1.82, 2.24) is 4.90 Å². The minimum absolute atomic E-state index is 0.253. The quantitative estimate of drug-likeness (QED) is 0.534. The lowest BCUT2D eigenvalue weighted by Crippen LogP contribution is -2.42. The lowest BCUT2D eigenvalue weighted by molar-refractivity contribution is 0.362. The second-order valence-corrected chi connectivity index (χ2v) is 2.29. The molecule has 2 N–H and O–H groups in total. The first-order chi connectivity index (χ1) is 4.63. The van der Waals surface area contributed by atoms with Crippen LogP contribution in [0, 0.1) is 0 Å². The molecule has 0 aliphatic carbocycles. The van der Waals surface area contributed by atoms with Crippen LogP contribution in [0.25, 0.3) is 0 Å². The summed E-state index contributed by atoms with van der Waals surface area (Å²) < 4.78 is 12.7. The lowest BCUT2D eigenvalue weighted by Gasteiger charge is -2.26. The summed E-state index contributed by atoms with van der Waals surface area (Å²) >= 11 is 0. The molecule has 1 aliphatic heterocycles. The van der Waals surface area contributed by atoms with E-state index < -0.39 is 0 Å². The minimum Gasteiger partial charge on any atom is -0.369 e. The van der Waals surface area contributed by atoms with E-state index in [9.17, 15) is 4.39 Å². The maximum atomic E-state index is 12.7. The monoisotopic (exact) mass is 143 g/mol. The Morgan fingerprint density at radius 1 is 1.80 bits per heavy atom. The van der Waals surface area contributed by atoms with Gasteiger partial charge in [-0.05, 0) is 6.92 Å². The highest BCUT2D eigenvalue weighted by molar-refractivity contribution is 5.79. The number of aliphatic imine (C=N–C) groups is 1. The average Bonchev–Trinajstić information content (AvgIpc) is 1.93. The van der Waals surface area contributed by atoms with Crippen LogP contribution in [-0.4, -0.2) is 23.9 Å². The number of nitrogens with zero attached hydrogens (tertiary/aromatic N) is 2. The Kier molecular flexibility index (Phi) is 1.61. The van der Waals surface area contributed by atoms with E-state index >= 15 is 0 Å². The normalized spacial score (nSPS) is 25.9. The van der Waals surface area contributed by atoms with Gasteiger partial charge in [0.05, 0.1) is 12.2 Å². The zero-order valence-corrected chi connectivity index (χ0v) is 6.00. The van der Waals surface area contributed by atoms with Crippen molar-refractivity contribution >= 4 is 5.96 Å². The average molecular weight is 143 g/mol. The van der Waals surface area contributed by atoms with Gasteiger partial charge in [0.2, 0.25) is 0 Å². The standard InChI is InChI=1S/C6H10FN3/c1-4-5(7)3-9-6(8)10(4)2/h3-4H,1-2H3,(H2,8,9). The van der Waals surface area contributed by atoms with Gasteiger partial charge in [-0.3, -0.25) is 0 Å². The molecule has 56 valence electrons. The fourth-order valence-corrected chi connectivity index (χ4v) is 0.710. The maximum Gasteiger partial charge on any atom is 0.196 e. The fraction of sp³-hybridized carbons (Fsp3) is 0.500. The van der Waals surface area contributed by atoms with Crippen LogP contribution in [0.5, 0.6) is 0 Å². The van der Waals surface area contributed by atoms with Gasteiger partial charge in [-0.15, -0.1) is 0 Å². The Labute approximate surface area is 59.0 Å². The van der Waals surface area contributed by atoms with Crippen LogP contribution in [0.3, 0.4) is 0 Å². The molecule has 0 saturated carbocycles.